The van der Waals surface area contributed by atoms with Crippen LogP contribution in [0.3, 0.4) is 0 Å². The summed E-state index contributed by atoms with van der Waals surface area (Å²) in [4.78, 5) is 6.43. The van der Waals surface area contributed by atoms with Crippen LogP contribution in [0.1, 0.15) is 12.8 Å². The summed E-state index contributed by atoms with van der Waals surface area (Å²) in [6.45, 7) is 2.03. The molecule has 2 heterocycles. The smallest absolute Gasteiger partial charge is 0.124 e. The molecule has 0 spiro atoms. The number of hydrogen-bond donors (Lipinski definition) is 1. The van der Waals surface area contributed by atoms with Gasteiger partial charge >= 0.3 is 0 Å². The van der Waals surface area contributed by atoms with Crippen molar-refractivity contribution >= 4 is 27.3 Å². The quantitative estimate of drug-likeness (QED) is 0.905. The van der Waals surface area contributed by atoms with Crippen LogP contribution in [0.25, 0.3) is 0 Å². The lowest BCUT2D eigenvalue weighted by molar-refractivity contribution is 0.526. The van der Waals surface area contributed by atoms with Crippen LogP contribution in [0.4, 0.5) is 15.8 Å². The Hall–Kier alpha value is -1.62. The lowest BCUT2D eigenvalue weighted by atomic mass is 10.0. The van der Waals surface area contributed by atoms with Gasteiger partial charge in [0.25, 0.3) is 0 Å². The maximum atomic E-state index is 13.1. The van der Waals surface area contributed by atoms with Crippen LogP contribution in [0, 0.1) is 5.82 Å². The minimum atomic E-state index is -0.222. The van der Waals surface area contributed by atoms with Gasteiger partial charge in [-0.2, -0.15) is 0 Å². The zero-order valence-electron chi connectivity index (χ0n) is 11.6. The zero-order valence-corrected chi connectivity index (χ0v) is 13.2. The minimum absolute atomic E-state index is 0.222. The number of nitrogens with zero attached hydrogens (tertiary/aromatic N) is 2. The van der Waals surface area contributed by atoms with E-state index >= 15 is 0 Å². The van der Waals surface area contributed by atoms with E-state index in [1.165, 1.54) is 17.8 Å². The van der Waals surface area contributed by atoms with Gasteiger partial charge in [0.05, 0.1) is 0 Å². The van der Waals surface area contributed by atoms with Crippen molar-refractivity contribution in [1.29, 1.82) is 0 Å². The van der Waals surface area contributed by atoms with Gasteiger partial charge < -0.3 is 10.2 Å². The molecule has 0 amide bonds. The Morgan fingerprint density at radius 3 is 2.52 bits per heavy atom. The first-order valence-electron chi connectivity index (χ1n) is 7.09. The summed E-state index contributed by atoms with van der Waals surface area (Å²) >= 11 is 3.40. The molecule has 1 N–H and O–H groups in total. The van der Waals surface area contributed by atoms with Gasteiger partial charge in [-0.1, -0.05) is 0 Å². The summed E-state index contributed by atoms with van der Waals surface area (Å²) in [5.74, 6) is -0.222. The molecule has 1 aromatic carbocycles. The summed E-state index contributed by atoms with van der Waals surface area (Å²) in [7, 11) is 0. The van der Waals surface area contributed by atoms with Gasteiger partial charge in [-0.05, 0) is 59.1 Å². The molecule has 0 saturated carbocycles. The van der Waals surface area contributed by atoms with E-state index in [1.54, 1.807) is 6.07 Å². The van der Waals surface area contributed by atoms with Gasteiger partial charge in [0.1, 0.15) is 5.82 Å². The number of halogens is 2. The third kappa shape index (κ3) is 3.53. The summed E-state index contributed by atoms with van der Waals surface area (Å²) in [5.41, 5.74) is 2.19. The maximum Gasteiger partial charge on any atom is 0.124 e. The molecule has 1 aromatic heterocycles. The summed E-state index contributed by atoms with van der Waals surface area (Å²) in [5, 5.41) is 3.50. The van der Waals surface area contributed by atoms with E-state index in [2.05, 4.69) is 31.1 Å². The van der Waals surface area contributed by atoms with Gasteiger partial charge in [0, 0.05) is 47.4 Å². The van der Waals surface area contributed by atoms with Crippen molar-refractivity contribution in [1.82, 2.24) is 4.98 Å². The lowest BCUT2D eigenvalue weighted by Gasteiger charge is -2.34. The first-order chi connectivity index (χ1) is 10.2. The SMILES string of the molecule is Fc1ccc(NC2CCN(c3ccncc3)CC2)c(Br)c1. The highest BCUT2D eigenvalue weighted by atomic mass is 79.9. The van der Waals surface area contributed by atoms with Crippen LogP contribution in [-0.4, -0.2) is 24.1 Å². The molecule has 0 aliphatic carbocycles. The monoisotopic (exact) mass is 349 g/mol. The Kier molecular flexibility index (Phi) is 4.39. The molecule has 3 nitrogen and oxygen atoms in total. The van der Waals surface area contributed by atoms with Gasteiger partial charge in [-0.25, -0.2) is 4.39 Å². The van der Waals surface area contributed by atoms with Crippen LogP contribution in [0.5, 0.6) is 0 Å². The van der Waals surface area contributed by atoms with Gasteiger partial charge in [0.15, 0.2) is 0 Å². The molecular weight excluding hydrogens is 333 g/mol. The molecule has 1 fully saturated rings. The fourth-order valence-electron chi connectivity index (χ4n) is 2.66. The Morgan fingerprint density at radius 2 is 1.86 bits per heavy atom. The predicted octanol–water partition coefficient (Wildman–Crippen LogP) is 4.06. The van der Waals surface area contributed by atoms with Crippen molar-refractivity contribution in [2.45, 2.75) is 18.9 Å². The summed E-state index contributed by atoms with van der Waals surface area (Å²) < 4.78 is 13.9. The molecule has 21 heavy (non-hydrogen) atoms. The second kappa shape index (κ2) is 6.43. The number of benzene rings is 1. The number of aromatic nitrogens is 1. The third-order valence-corrected chi connectivity index (χ3v) is 4.47. The molecule has 1 saturated heterocycles. The fraction of sp³-hybridized carbons (Fsp3) is 0.312. The molecule has 0 radical (unpaired) electrons. The molecule has 2 aromatic rings. The first-order valence-corrected chi connectivity index (χ1v) is 7.88. The Morgan fingerprint density at radius 1 is 1.14 bits per heavy atom. The van der Waals surface area contributed by atoms with E-state index < -0.39 is 0 Å². The van der Waals surface area contributed by atoms with E-state index in [-0.39, 0.29) is 5.82 Å². The zero-order chi connectivity index (χ0) is 14.7. The van der Waals surface area contributed by atoms with Crippen molar-refractivity contribution in [3.8, 4) is 0 Å². The molecule has 1 aliphatic heterocycles. The highest BCUT2D eigenvalue weighted by Crippen LogP contribution is 2.26. The largest absolute Gasteiger partial charge is 0.381 e. The molecule has 0 atom stereocenters. The second-order valence-corrected chi connectivity index (χ2v) is 6.09. The average Bonchev–Trinajstić information content (AvgIpc) is 2.52. The van der Waals surface area contributed by atoms with Gasteiger partial charge in [-0.3, -0.25) is 4.98 Å². The number of piperidine rings is 1. The number of rotatable bonds is 3. The minimum Gasteiger partial charge on any atom is -0.381 e. The second-order valence-electron chi connectivity index (χ2n) is 5.24. The van der Waals surface area contributed by atoms with Crippen LogP contribution < -0.4 is 10.2 Å². The average molecular weight is 350 g/mol. The van der Waals surface area contributed by atoms with Crippen molar-refractivity contribution in [2.75, 3.05) is 23.3 Å². The maximum absolute atomic E-state index is 13.1. The molecule has 0 bridgehead atoms. The van der Waals surface area contributed by atoms with Crippen molar-refractivity contribution in [2.24, 2.45) is 0 Å². The standard InChI is InChI=1S/C16H17BrFN3/c17-15-11-12(18)1-2-16(15)20-13-5-9-21(10-6-13)14-3-7-19-8-4-14/h1-4,7-8,11,13,20H,5-6,9-10H2. The van der Waals surface area contributed by atoms with E-state index in [1.807, 2.05) is 24.5 Å². The Bertz CT molecular complexity index is 598. The molecule has 110 valence electrons. The summed E-state index contributed by atoms with van der Waals surface area (Å²) in [6, 6.07) is 9.28. The van der Waals surface area contributed by atoms with E-state index in [4.69, 9.17) is 0 Å². The van der Waals surface area contributed by atoms with Crippen LogP contribution >= 0.6 is 15.9 Å². The van der Waals surface area contributed by atoms with E-state index in [0.29, 0.717) is 6.04 Å². The van der Waals surface area contributed by atoms with Gasteiger partial charge in [-0.15, -0.1) is 0 Å². The normalized spacial score (nSPS) is 16.0. The number of hydrogen-bond acceptors (Lipinski definition) is 3. The highest BCUT2D eigenvalue weighted by molar-refractivity contribution is 9.10. The van der Waals surface area contributed by atoms with Gasteiger partial charge in [0.2, 0.25) is 0 Å². The molecule has 1 aliphatic rings. The molecule has 5 heteroatoms. The predicted molar refractivity (Wildman–Crippen MR) is 87.2 cm³/mol. The molecule has 3 rings (SSSR count). The third-order valence-electron chi connectivity index (χ3n) is 3.81. The van der Waals surface area contributed by atoms with Crippen molar-refractivity contribution < 1.29 is 4.39 Å². The van der Waals surface area contributed by atoms with Crippen LogP contribution in [-0.2, 0) is 0 Å². The number of anilines is 2. The Balaban J connectivity index is 1.59. The van der Waals surface area contributed by atoms with Crippen LogP contribution in [0.2, 0.25) is 0 Å². The van der Waals surface area contributed by atoms with E-state index in [0.717, 1.165) is 36.1 Å². The fourth-order valence-corrected chi connectivity index (χ4v) is 3.13. The molecular formula is C16H17BrFN3. The molecule has 0 unspecified atom stereocenters. The first kappa shape index (κ1) is 14.3. The lowest BCUT2D eigenvalue weighted by Crippen LogP contribution is -2.39. The summed E-state index contributed by atoms with van der Waals surface area (Å²) in [6.07, 6.45) is 5.78. The number of nitrogens with one attached hydrogen (secondary N) is 1. The van der Waals surface area contributed by atoms with Crippen molar-refractivity contribution in [3.63, 3.8) is 0 Å². The Labute approximate surface area is 132 Å². The van der Waals surface area contributed by atoms with Crippen molar-refractivity contribution in [3.05, 3.63) is 53.0 Å². The highest BCUT2D eigenvalue weighted by Gasteiger charge is 2.19. The topological polar surface area (TPSA) is 28.2 Å². The van der Waals surface area contributed by atoms with E-state index in [9.17, 15) is 4.39 Å². The number of pyridine rings is 1. The van der Waals surface area contributed by atoms with Crippen LogP contribution in [0.15, 0.2) is 47.2 Å².